The van der Waals surface area contributed by atoms with Crippen LogP contribution in [0.4, 0.5) is 10.1 Å². The number of hydrogen-bond donors (Lipinski definition) is 1. The maximum absolute atomic E-state index is 13.5. The molecule has 3 rings (SSSR count). The smallest absolute Gasteiger partial charge is 0.291 e. The number of aryl methyl sites for hydroxylation is 1. The third kappa shape index (κ3) is 2.22. The highest BCUT2D eigenvalue weighted by atomic mass is 19.1. The molecule has 0 bridgehead atoms. The SMILES string of the molecule is O=C(Nc1ccccc1F)c1cc2c(o1)CCCC2=O. The summed E-state index contributed by atoms with van der Waals surface area (Å²) in [7, 11) is 0. The van der Waals surface area contributed by atoms with Gasteiger partial charge in [0.2, 0.25) is 0 Å². The zero-order chi connectivity index (χ0) is 14.1. The van der Waals surface area contributed by atoms with Crippen LogP contribution >= 0.6 is 0 Å². The topological polar surface area (TPSA) is 59.3 Å². The first kappa shape index (κ1) is 12.6. The van der Waals surface area contributed by atoms with Crippen molar-refractivity contribution in [3.05, 3.63) is 53.2 Å². The lowest BCUT2D eigenvalue weighted by molar-refractivity contribution is 0.0963. The molecule has 0 saturated carbocycles. The summed E-state index contributed by atoms with van der Waals surface area (Å²) in [6, 6.07) is 7.31. The normalized spacial score (nSPS) is 13.9. The summed E-state index contributed by atoms with van der Waals surface area (Å²) in [5, 5.41) is 2.43. The summed E-state index contributed by atoms with van der Waals surface area (Å²) >= 11 is 0. The highest BCUT2D eigenvalue weighted by Gasteiger charge is 2.24. The van der Waals surface area contributed by atoms with Crippen LogP contribution in [0, 0.1) is 5.82 Å². The summed E-state index contributed by atoms with van der Waals surface area (Å²) in [5.74, 6) is -0.515. The van der Waals surface area contributed by atoms with E-state index in [-0.39, 0.29) is 17.2 Å². The number of carbonyl (C=O) groups is 2. The Kier molecular flexibility index (Phi) is 3.10. The van der Waals surface area contributed by atoms with Gasteiger partial charge in [0.05, 0.1) is 11.3 Å². The van der Waals surface area contributed by atoms with E-state index in [4.69, 9.17) is 4.42 Å². The van der Waals surface area contributed by atoms with E-state index in [0.717, 1.165) is 6.42 Å². The first-order valence-electron chi connectivity index (χ1n) is 6.37. The molecule has 1 aromatic carbocycles. The van der Waals surface area contributed by atoms with Crippen LogP contribution in [-0.4, -0.2) is 11.7 Å². The lowest BCUT2D eigenvalue weighted by Gasteiger charge is -2.06. The van der Waals surface area contributed by atoms with Crippen molar-refractivity contribution in [2.45, 2.75) is 19.3 Å². The molecule has 0 unspecified atom stereocenters. The van der Waals surface area contributed by atoms with Crippen molar-refractivity contribution in [2.75, 3.05) is 5.32 Å². The second-order valence-corrected chi connectivity index (χ2v) is 4.66. The van der Waals surface area contributed by atoms with Gasteiger partial charge in [-0.2, -0.15) is 0 Å². The minimum atomic E-state index is -0.558. The Bertz CT molecular complexity index is 690. The van der Waals surface area contributed by atoms with Gasteiger partial charge in [-0.3, -0.25) is 9.59 Å². The fourth-order valence-corrected chi connectivity index (χ4v) is 2.25. The molecule has 0 atom stereocenters. The molecular weight excluding hydrogens is 261 g/mol. The Labute approximate surface area is 114 Å². The van der Waals surface area contributed by atoms with Crippen LogP contribution in [0.25, 0.3) is 0 Å². The first-order valence-corrected chi connectivity index (χ1v) is 6.37. The predicted octanol–water partition coefficient (Wildman–Crippen LogP) is 3.19. The number of nitrogens with one attached hydrogen (secondary N) is 1. The third-order valence-electron chi connectivity index (χ3n) is 3.26. The number of benzene rings is 1. The number of carbonyl (C=O) groups excluding carboxylic acids is 2. The molecule has 1 aliphatic rings. The molecule has 0 spiro atoms. The van der Waals surface area contributed by atoms with Crippen molar-refractivity contribution in [1.82, 2.24) is 0 Å². The van der Waals surface area contributed by atoms with Crippen LogP contribution in [0.2, 0.25) is 0 Å². The summed E-state index contributed by atoms with van der Waals surface area (Å²) in [6.45, 7) is 0. The molecule has 102 valence electrons. The van der Waals surface area contributed by atoms with Crippen LogP contribution in [0.15, 0.2) is 34.7 Å². The zero-order valence-corrected chi connectivity index (χ0v) is 10.6. The number of furan rings is 1. The molecule has 1 N–H and O–H groups in total. The van der Waals surface area contributed by atoms with Crippen molar-refractivity contribution in [1.29, 1.82) is 0 Å². The molecular formula is C15H12FNO3. The van der Waals surface area contributed by atoms with Gasteiger partial charge < -0.3 is 9.73 Å². The average Bonchev–Trinajstić information content (AvgIpc) is 2.87. The summed E-state index contributed by atoms with van der Waals surface area (Å²) in [6.07, 6.45) is 1.85. The second-order valence-electron chi connectivity index (χ2n) is 4.66. The van der Waals surface area contributed by atoms with Crippen molar-refractivity contribution in [3.63, 3.8) is 0 Å². The van der Waals surface area contributed by atoms with E-state index < -0.39 is 11.7 Å². The molecule has 0 fully saturated rings. The van der Waals surface area contributed by atoms with Crippen LogP contribution in [0.3, 0.4) is 0 Å². The van der Waals surface area contributed by atoms with Gasteiger partial charge in [0.15, 0.2) is 11.5 Å². The Morgan fingerprint density at radius 3 is 2.80 bits per heavy atom. The minimum Gasteiger partial charge on any atom is -0.455 e. The zero-order valence-electron chi connectivity index (χ0n) is 10.6. The van der Waals surface area contributed by atoms with E-state index in [1.165, 1.54) is 24.3 Å². The number of para-hydroxylation sites is 1. The van der Waals surface area contributed by atoms with Gasteiger partial charge in [-0.1, -0.05) is 12.1 Å². The van der Waals surface area contributed by atoms with Crippen LogP contribution in [0.1, 0.15) is 39.5 Å². The number of ketones is 1. The number of anilines is 1. The van der Waals surface area contributed by atoms with Gasteiger partial charge in [0.25, 0.3) is 5.91 Å². The molecule has 0 radical (unpaired) electrons. The van der Waals surface area contributed by atoms with E-state index in [0.29, 0.717) is 24.2 Å². The van der Waals surface area contributed by atoms with Gasteiger partial charge >= 0.3 is 0 Å². The number of halogens is 1. The monoisotopic (exact) mass is 273 g/mol. The average molecular weight is 273 g/mol. The predicted molar refractivity (Wildman–Crippen MR) is 70.3 cm³/mol. The molecule has 1 heterocycles. The molecule has 2 aromatic rings. The molecule has 4 nitrogen and oxygen atoms in total. The lowest BCUT2D eigenvalue weighted by Crippen LogP contribution is -2.12. The summed E-state index contributed by atoms with van der Waals surface area (Å²) in [5.41, 5.74) is 0.549. The van der Waals surface area contributed by atoms with Crippen molar-refractivity contribution >= 4 is 17.4 Å². The molecule has 0 saturated heterocycles. The van der Waals surface area contributed by atoms with Crippen LogP contribution in [-0.2, 0) is 6.42 Å². The van der Waals surface area contributed by atoms with E-state index >= 15 is 0 Å². The molecule has 1 amide bonds. The fraction of sp³-hybridized carbons (Fsp3) is 0.200. The standard InChI is InChI=1S/C15H12FNO3/c16-10-4-1-2-5-11(10)17-15(19)14-8-9-12(18)6-3-7-13(9)20-14/h1-2,4-5,8H,3,6-7H2,(H,17,19). The number of Topliss-reactive ketones (excluding diaryl/α,β-unsaturated/α-hetero) is 1. The molecule has 5 heteroatoms. The van der Waals surface area contributed by atoms with Gasteiger partial charge in [0, 0.05) is 18.9 Å². The lowest BCUT2D eigenvalue weighted by atomic mass is 9.97. The van der Waals surface area contributed by atoms with E-state index in [1.807, 2.05) is 0 Å². The Morgan fingerprint density at radius 1 is 1.25 bits per heavy atom. The van der Waals surface area contributed by atoms with E-state index in [1.54, 1.807) is 6.07 Å². The number of hydrogen-bond acceptors (Lipinski definition) is 3. The van der Waals surface area contributed by atoms with Crippen molar-refractivity contribution < 1.29 is 18.4 Å². The number of amides is 1. The van der Waals surface area contributed by atoms with E-state index in [2.05, 4.69) is 5.32 Å². The highest BCUT2D eigenvalue weighted by molar-refractivity contribution is 6.05. The summed E-state index contributed by atoms with van der Waals surface area (Å²) < 4.78 is 18.9. The van der Waals surface area contributed by atoms with Gasteiger partial charge in [-0.05, 0) is 18.6 Å². The molecule has 0 aliphatic heterocycles. The Morgan fingerprint density at radius 2 is 2.05 bits per heavy atom. The number of rotatable bonds is 2. The maximum Gasteiger partial charge on any atom is 0.291 e. The van der Waals surface area contributed by atoms with Gasteiger partial charge in [0.1, 0.15) is 11.6 Å². The first-order chi connectivity index (χ1) is 9.65. The Balaban J connectivity index is 1.85. The minimum absolute atomic E-state index is 0.0139. The van der Waals surface area contributed by atoms with Crippen molar-refractivity contribution in [3.8, 4) is 0 Å². The molecule has 1 aromatic heterocycles. The summed E-state index contributed by atoms with van der Waals surface area (Å²) in [4.78, 5) is 23.7. The quantitative estimate of drug-likeness (QED) is 0.914. The van der Waals surface area contributed by atoms with Crippen LogP contribution in [0.5, 0.6) is 0 Å². The second kappa shape index (κ2) is 4.92. The van der Waals surface area contributed by atoms with Gasteiger partial charge in [-0.15, -0.1) is 0 Å². The number of fused-ring (bicyclic) bond motifs is 1. The fourth-order valence-electron chi connectivity index (χ4n) is 2.25. The van der Waals surface area contributed by atoms with Crippen molar-refractivity contribution in [2.24, 2.45) is 0 Å². The molecule has 20 heavy (non-hydrogen) atoms. The van der Waals surface area contributed by atoms with Gasteiger partial charge in [-0.25, -0.2) is 4.39 Å². The maximum atomic E-state index is 13.5. The highest BCUT2D eigenvalue weighted by Crippen LogP contribution is 2.25. The molecule has 1 aliphatic carbocycles. The third-order valence-corrected chi connectivity index (χ3v) is 3.26. The Hall–Kier alpha value is -2.43. The van der Waals surface area contributed by atoms with Crippen LogP contribution < -0.4 is 5.32 Å². The van der Waals surface area contributed by atoms with E-state index in [9.17, 15) is 14.0 Å². The largest absolute Gasteiger partial charge is 0.455 e.